The van der Waals surface area contributed by atoms with E-state index in [0.717, 1.165) is 35.3 Å². The number of rotatable bonds is 20. The molecule has 49 heavy (non-hydrogen) atoms. The highest BCUT2D eigenvalue weighted by molar-refractivity contribution is 5.86. The lowest BCUT2D eigenvalue weighted by molar-refractivity contribution is -0.151. The Balaban J connectivity index is 1.29. The summed E-state index contributed by atoms with van der Waals surface area (Å²) in [6.45, 7) is 7.91. The van der Waals surface area contributed by atoms with E-state index in [4.69, 9.17) is 9.47 Å². The van der Waals surface area contributed by atoms with Gasteiger partial charge in [0, 0.05) is 6.42 Å². The zero-order chi connectivity index (χ0) is 34.9. The molecule has 1 aliphatic carbocycles. The van der Waals surface area contributed by atoms with Crippen LogP contribution in [0.3, 0.4) is 0 Å². The molecular weight excluding hydrogens is 616 g/mol. The fraction of sp³-hybridized carbons (Fsp3) is 0.390. The summed E-state index contributed by atoms with van der Waals surface area (Å²) in [5.41, 5.74) is 2.38. The van der Waals surface area contributed by atoms with E-state index in [1.54, 1.807) is 12.2 Å². The molecule has 2 amide bonds. The summed E-state index contributed by atoms with van der Waals surface area (Å²) in [5.74, 6) is -1.20. The van der Waals surface area contributed by atoms with E-state index in [2.05, 4.69) is 23.8 Å². The highest BCUT2D eigenvalue weighted by Crippen LogP contribution is 2.31. The zero-order valence-corrected chi connectivity index (χ0v) is 28.4. The number of carbonyl (C=O) groups is 3. The fourth-order valence-corrected chi connectivity index (χ4v) is 6.31. The lowest BCUT2D eigenvalue weighted by atomic mass is 9.93. The van der Waals surface area contributed by atoms with Crippen molar-refractivity contribution in [3.05, 3.63) is 127 Å². The number of amides is 2. The van der Waals surface area contributed by atoms with Gasteiger partial charge < -0.3 is 25.2 Å². The average Bonchev–Trinajstić information content (AvgIpc) is 3.58. The predicted octanol–water partition coefficient (Wildman–Crippen LogP) is 6.27. The normalized spacial score (nSPS) is 15.3. The number of aliphatic hydroxyl groups is 1. The zero-order valence-electron chi connectivity index (χ0n) is 28.4. The van der Waals surface area contributed by atoms with Crippen LogP contribution in [0.4, 0.5) is 0 Å². The summed E-state index contributed by atoms with van der Waals surface area (Å²) in [6, 6.07) is 26.8. The van der Waals surface area contributed by atoms with E-state index in [9.17, 15) is 19.5 Å². The molecule has 3 aromatic rings. The minimum absolute atomic E-state index is 0.0605. The van der Waals surface area contributed by atoms with Crippen LogP contribution in [0.5, 0.6) is 5.75 Å². The number of benzene rings is 3. The summed E-state index contributed by atoms with van der Waals surface area (Å²) in [4.78, 5) is 40.0. The standard InChI is InChI=1S/C41H50N2O6/c1-3-13-34(27-38(45)42-36(28-44)26-32-19-21-37(22-20-32)48-29-33-17-9-6-10-18-33)39(46)43-41(23-11-12-24-41)30-49-40(47)35(14-4-2)25-31-15-7-5-8-16-31/h3-10,15-22,34-36,44H,1-2,11-14,23-30H2,(H,42,45)(H,43,46)/t34-,35+,36+/m1/s1. The minimum atomic E-state index is -0.682. The second kappa shape index (κ2) is 19.3. The monoisotopic (exact) mass is 666 g/mol. The molecule has 0 bridgehead atoms. The molecule has 3 aromatic carbocycles. The first-order chi connectivity index (χ1) is 23.8. The maximum atomic E-state index is 13.6. The topological polar surface area (TPSA) is 114 Å². The van der Waals surface area contributed by atoms with Crippen molar-refractivity contribution in [2.75, 3.05) is 13.2 Å². The summed E-state index contributed by atoms with van der Waals surface area (Å²) < 4.78 is 11.7. The minimum Gasteiger partial charge on any atom is -0.489 e. The van der Waals surface area contributed by atoms with Gasteiger partial charge >= 0.3 is 5.97 Å². The van der Waals surface area contributed by atoms with Crippen LogP contribution >= 0.6 is 0 Å². The van der Waals surface area contributed by atoms with Gasteiger partial charge in [0.2, 0.25) is 11.8 Å². The second-order valence-electron chi connectivity index (χ2n) is 13.0. The number of allylic oxidation sites excluding steroid dienone is 2. The van der Waals surface area contributed by atoms with Crippen LogP contribution < -0.4 is 15.4 Å². The molecule has 0 aliphatic heterocycles. The highest BCUT2D eigenvalue weighted by atomic mass is 16.5. The average molecular weight is 667 g/mol. The predicted molar refractivity (Wildman–Crippen MR) is 192 cm³/mol. The maximum Gasteiger partial charge on any atom is 0.309 e. The van der Waals surface area contributed by atoms with Gasteiger partial charge in [0.1, 0.15) is 19.0 Å². The van der Waals surface area contributed by atoms with Crippen molar-refractivity contribution in [1.29, 1.82) is 0 Å². The summed E-state index contributed by atoms with van der Waals surface area (Å²) >= 11 is 0. The van der Waals surface area contributed by atoms with Crippen molar-refractivity contribution < 1.29 is 29.0 Å². The smallest absolute Gasteiger partial charge is 0.309 e. The molecule has 0 aromatic heterocycles. The third-order valence-electron chi connectivity index (χ3n) is 9.04. The Kier molecular flexibility index (Phi) is 14.7. The van der Waals surface area contributed by atoms with Crippen LogP contribution in [0.1, 0.15) is 61.6 Å². The van der Waals surface area contributed by atoms with Gasteiger partial charge in [-0.25, -0.2) is 0 Å². The first-order valence-electron chi connectivity index (χ1n) is 17.2. The van der Waals surface area contributed by atoms with Crippen molar-refractivity contribution in [3.8, 4) is 5.75 Å². The number of ether oxygens (including phenoxy) is 2. The van der Waals surface area contributed by atoms with Crippen molar-refractivity contribution in [2.24, 2.45) is 11.8 Å². The van der Waals surface area contributed by atoms with Crippen LogP contribution in [-0.2, 0) is 38.6 Å². The molecule has 1 fully saturated rings. The molecule has 0 spiro atoms. The summed E-state index contributed by atoms with van der Waals surface area (Å²) in [6.07, 6.45) is 8.25. The molecule has 8 nitrogen and oxygen atoms in total. The number of aliphatic hydroxyl groups excluding tert-OH is 1. The van der Waals surface area contributed by atoms with Gasteiger partial charge in [0.25, 0.3) is 0 Å². The molecule has 1 saturated carbocycles. The van der Waals surface area contributed by atoms with E-state index in [-0.39, 0.29) is 43.3 Å². The fourth-order valence-electron chi connectivity index (χ4n) is 6.31. The van der Waals surface area contributed by atoms with Crippen molar-refractivity contribution in [2.45, 2.75) is 76.0 Å². The van der Waals surface area contributed by atoms with E-state index in [0.29, 0.717) is 45.1 Å². The van der Waals surface area contributed by atoms with E-state index in [1.807, 2.05) is 84.9 Å². The van der Waals surface area contributed by atoms with Gasteiger partial charge in [-0.15, -0.1) is 13.2 Å². The molecule has 0 radical (unpaired) electrons. The van der Waals surface area contributed by atoms with Crippen LogP contribution in [-0.4, -0.2) is 47.7 Å². The molecule has 4 rings (SSSR count). The third-order valence-corrected chi connectivity index (χ3v) is 9.04. The molecule has 3 atom stereocenters. The Labute approximate surface area is 290 Å². The van der Waals surface area contributed by atoms with Gasteiger partial charge in [0.15, 0.2) is 0 Å². The van der Waals surface area contributed by atoms with Crippen LogP contribution in [0, 0.1) is 11.8 Å². The number of nitrogens with one attached hydrogen (secondary N) is 2. The first-order valence-corrected chi connectivity index (χ1v) is 17.2. The second-order valence-corrected chi connectivity index (χ2v) is 13.0. The number of hydrogen-bond acceptors (Lipinski definition) is 6. The van der Waals surface area contributed by atoms with Gasteiger partial charge in [-0.2, -0.15) is 0 Å². The van der Waals surface area contributed by atoms with E-state index in [1.165, 1.54) is 0 Å². The Hall–Kier alpha value is -4.69. The molecule has 8 heteroatoms. The molecule has 260 valence electrons. The molecule has 1 aliphatic rings. The van der Waals surface area contributed by atoms with E-state index >= 15 is 0 Å². The van der Waals surface area contributed by atoms with Crippen molar-refractivity contribution in [3.63, 3.8) is 0 Å². The van der Waals surface area contributed by atoms with Gasteiger partial charge in [-0.05, 0) is 67.3 Å². The van der Waals surface area contributed by atoms with Gasteiger partial charge in [-0.1, -0.05) is 97.8 Å². The van der Waals surface area contributed by atoms with Gasteiger partial charge in [0.05, 0.1) is 30.0 Å². The molecule has 3 N–H and O–H groups in total. The van der Waals surface area contributed by atoms with Crippen LogP contribution in [0.25, 0.3) is 0 Å². The maximum absolute atomic E-state index is 13.6. The Bertz CT molecular complexity index is 1490. The molecule has 0 saturated heterocycles. The summed E-state index contributed by atoms with van der Waals surface area (Å²) in [5, 5.41) is 16.1. The Morgan fingerprint density at radius 1 is 0.796 bits per heavy atom. The quantitative estimate of drug-likeness (QED) is 0.0968. The van der Waals surface area contributed by atoms with Crippen molar-refractivity contribution >= 4 is 17.8 Å². The van der Waals surface area contributed by atoms with Gasteiger partial charge in [-0.3, -0.25) is 14.4 Å². The van der Waals surface area contributed by atoms with E-state index < -0.39 is 17.5 Å². The number of hydrogen-bond donors (Lipinski definition) is 3. The Morgan fingerprint density at radius 3 is 2.00 bits per heavy atom. The lowest BCUT2D eigenvalue weighted by Crippen LogP contribution is -2.53. The van der Waals surface area contributed by atoms with Crippen LogP contribution in [0.2, 0.25) is 0 Å². The number of esters is 1. The molecule has 0 unspecified atom stereocenters. The Morgan fingerprint density at radius 2 is 1.39 bits per heavy atom. The third kappa shape index (κ3) is 12.1. The first kappa shape index (κ1) is 37.1. The number of carbonyl (C=O) groups excluding carboxylic acids is 3. The molecule has 0 heterocycles. The largest absolute Gasteiger partial charge is 0.489 e. The summed E-state index contributed by atoms with van der Waals surface area (Å²) in [7, 11) is 0. The SMILES string of the molecule is C=CC[C@H](CC(=O)N[C@H](CO)Cc1ccc(OCc2ccccc2)cc1)C(=O)NC1(COC(=O)[C@@H](CC=C)Cc2ccccc2)CCCC1. The van der Waals surface area contributed by atoms with Crippen LogP contribution in [0.15, 0.2) is 110 Å². The highest BCUT2D eigenvalue weighted by Gasteiger charge is 2.39. The molecular formula is C41H50N2O6. The van der Waals surface area contributed by atoms with Crippen molar-refractivity contribution in [1.82, 2.24) is 10.6 Å². The lowest BCUT2D eigenvalue weighted by Gasteiger charge is -2.32.